The minimum absolute atomic E-state index is 0.255. The highest BCUT2D eigenvalue weighted by molar-refractivity contribution is 7.99. The Morgan fingerprint density at radius 1 is 1.40 bits per heavy atom. The molecule has 1 unspecified atom stereocenters. The van der Waals surface area contributed by atoms with Crippen LogP contribution in [0.3, 0.4) is 0 Å². The van der Waals surface area contributed by atoms with E-state index in [1.165, 1.54) is 10.5 Å². The number of thioether (sulfide) groups is 1. The SMILES string of the molecule is CCSc1ccc(C2(N)CCOC2)cc1. The maximum atomic E-state index is 6.27. The van der Waals surface area contributed by atoms with Gasteiger partial charge in [0.2, 0.25) is 0 Å². The molecule has 3 heteroatoms. The van der Waals surface area contributed by atoms with Gasteiger partial charge in [-0.2, -0.15) is 0 Å². The summed E-state index contributed by atoms with van der Waals surface area (Å²) in [4.78, 5) is 1.31. The lowest BCUT2D eigenvalue weighted by atomic mass is 9.91. The Morgan fingerprint density at radius 3 is 2.67 bits per heavy atom. The molecule has 0 saturated carbocycles. The molecule has 2 nitrogen and oxygen atoms in total. The summed E-state index contributed by atoms with van der Waals surface area (Å²) in [5.74, 6) is 1.11. The Labute approximate surface area is 95.2 Å². The fourth-order valence-corrected chi connectivity index (χ4v) is 2.52. The number of nitrogens with two attached hydrogens (primary N) is 1. The van der Waals surface area contributed by atoms with E-state index < -0.39 is 0 Å². The summed E-state index contributed by atoms with van der Waals surface area (Å²) in [5.41, 5.74) is 7.21. The van der Waals surface area contributed by atoms with Crippen molar-refractivity contribution in [1.82, 2.24) is 0 Å². The molecule has 1 saturated heterocycles. The highest BCUT2D eigenvalue weighted by Gasteiger charge is 2.31. The van der Waals surface area contributed by atoms with Crippen LogP contribution in [0, 0.1) is 0 Å². The van der Waals surface area contributed by atoms with Crippen molar-refractivity contribution in [3.63, 3.8) is 0 Å². The van der Waals surface area contributed by atoms with Gasteiger partial charge in [-0.15, -0.1) is 11.8 Å². The largest absolute Gasteiger partial charge is 0.379 e. The molecule has 15 heavy (non-hydrogen) atoms. The quantitative estimate of drug-likeness (QED) is 0.799. The van der Waals surface area contributed by atoms with Gasteiger partial charge in [-0.3, -0.25) is 0 Å². The Morgan fingerprint density at radius 2 is 2.13 bits per heavy atom. The third-order valence-electron chi connectivity index (χ3n) is 2.79. The Bertz CT molecular complexity index is 317. The summed E-state index contributed by atoms with van der Waals surface area (Å²) in [6.45, 7) is 3.59. The van der Waals surface area contributed by atoms with Crippen molar-refractivity contribution < 1.29 is 4.74 Å². The third-order valence-corrected chi connectivity index (χ3v) is 3.69. The van der Waals surface area contributed by atoms with E-state index in [0.717, 1.165) is 18.8 Å². The standard InChI is InChI=1S/C12H17NOS/c1-2-15-11-5-3-10(4-6-11)12(13)7-8-14-9-12/h3-6H,2,7-9,13H2,1H3. The van der Waals surface area contributed by atoms with Gasteiger partial charge in [0.1, 0.15) is 0 Å². The number of hydrogen-bond donors (Lipinski definition) is 1. The highest BCUT2D eigenvalue weighted by atomic mass is 32.2. The molecule has 2 rings (SSSR count). The van der Waals surface area contributed by atoms with Crippen LogP contribution in [-0.2, 0) is 10.3 Å². The van der Waals surface area contributed by atoms with Gasteiger partial charge in [0.05, 0.1) is 12.1 Å². The third kappa shape index (κ3) is 2.36. The van der Waals surface area contributed by atoms with Crippen molar-refractivity contribution in [2.75, 3.05) is 19.0 Å². The Hall–Kier alpha value is -0.510. The molecule has 1 heterocycles. The van der Waals surface area contributed by atoms with Crippen LogP contribution in [0.1, 0.15) is 18.9 Å². The molecule has 0 radical (unpaired) electrons. The zero-order valence-corrected chi connectivity index (χ0v) is 9.85. The highest BCUT2D eigenvalue weighted by Crippen LogP contribution is 2.29. The first-order valence-corrected chi connectivity index (χ1v) is 6.33. The van der Waals surface area contributed by atoms with Crippen LogP contribution in [0.25, 0.3) is 0 Å². The molecule has 0 bridgehead atoms. The topological polar surface area (TPSA) is 35.2 Å². The van der Waals surface area contributed by atoms with Gasteiger partial charge in [-0.25, -0.2) is 0 Å². The van der Waals surface area contributed by atoms with Crippen molar-refractivity contribution in [3.05, 3.63) is 29.8 Å². The summed E-state index contributed by atoms with van der Waals surface area (Å²) in [6.07, 6.45) is 0.924. The van der Waals surface area contributed by atoms with Crippen molar-refractivity contribution in [1.29, 1.82) is 0 Å². The van der Waals surface area contributed by atoms with E-state index in [-0.39, 0.29) is 5.54 Å². The lowest BCUT2D eigenvalue weighted by molar-refractivity contribution is 0.178. The molecule has 1 aliphatic rings. The molecule has 1 atom stereocenters. The first-order chi connectivity index (χ1) is 7.24. The maximum Gasteiger partial charge on any atom is 0.0689 e. The fraction of sp³-hybridized carbons (Fsp3) is 0.500. The molecule has 1 fully saturated rings. The first kappa shape index (κ1) is 11.0. The zero-order chi connectivity index (χ0) is 10.7. The second-order valence-corrected chi connectivity index (χ2v) is 5.25. The van der Waals surface area contributed by atoms with Crippen LogP contribution in [0.5, 0.6) is 0 Å². The van der Waals surface area contributed by atoms with E-state index in [2.05, 4.69) is 31.2 Å². The summed E-state index contributed by atoms with van der Waals surface area (Å²) in [6, 6.07) is 8.56. The van der Waals surface area contributed by atoms with E-state index in [1.807, 2.05) is 11.8 Å². The molecule has 0 amide bonds. The zero-order valence-electron chi connectivity index (χ0n) is 9.03. The van der Waals surface area contributed by atoms with Gasteiger partial charge in [0.25, 0.3) is 0 Å². The number of rotatable bonds is 3. The summed E-state index contributed by atoms with van der Waals surface area (Å²) in [7, 11) is 0. The van der Waals surface area contributed by atoms with Crippen molar-refractivity contribution >= 4 is 11.8 Å². The smallest absolute Gasteiger partial charge is 0.0689 e. The van der Waals surface area contributed by atoms with E-state index in [0.29, 0.717) is 6.61 Å². The first-order valence-electron chi connectivity index (χ1n) is 5.34. The van der Waals surface area contributed by atoms with E-state index in [1.54, 1.807) is 0 Å². The van der Waals surface area contributed by atoms with E-state index >= 15 is 0 Å². The van der Waals surface area contributed by atoms with Crippen LogP contribution >= 0.6 is 11.8 Å². The normalized spacial score (nSPS) is 25.7. The molecule has 1 aliphatic heterocycles. The van der Waals surface area contributed by atoms with Crippen LogP contribution in [0.4, 0.5) is 0 Å². The molecule has 1 aromatic rings. The molecular formula is C12H17NOS. The van der Waals surface area contributed by atoms with Gasteiger partial charge in [0, 0.05) is 11.5 Å². The summed E-state index contributed by atoms with van der Waals surface area (Å²) < 4.78 is 5.36. The van der Waals surface area contributed by atoms with Gasteiger partial charge in [-0.05, 0) is 29.9 Å². The van der Waals surface area contributed by atoms with Crippen LogP contribution in [-0.4, -0.2) is 19.0 Å². The maximum absolute atomic E-state index is 6.27. The van der Waals surface area contributed by atoms with Crippen LogP contribution < -0.4 is 5.73 Å². The van der Waals surface area contributed by atoms with Crippen molar-refractivity contribution in [2.24, 2.45) is 5.73 Å². The molecule has 2 N–H and O–H groups in total. The lowest BCUT2D eigenvalue weighted by Crippen LogP contribution is -2.36. The molecule has 0 aromatic heterocycles. The van der Waals surface area contributed by atoms with Crippen molar-refractivity contribution in [2.45, 2.75) is 23.8 Å². The minimum Gasteiger partial charge on any atom is -0.379 e. The summed E-state index contributed by atoms with van der Waals surface area (Å²) >= 11 is 1.85. The molecule has 1 aromatic carbocycles. The Balaban J connectivity index is 2.15. The van der Waals surface area contributed by atoms with Crippen LogP contribution in [0.15, 0.2) is 29.2 Å². The second kappa shape index (κ2) is 4.56. The van der Waals surface area contributed by atoms with Crippen molar-refractivity contribution in [3.8, 4) is 0 Å². The van der Waals surface area contributed by atoms with E-state index in [9.17, 15) is 0 Å². The van der Waals surface area contributed by atoms with Crippen LogP contribution in [0.2, 0.25) is 0 Å². The average Bonchev–Trinajstić information content (AvgIpc) is 2.68. The van der Waals surface area contributed by atoms with Gasteiger partial charge >= 0.3 is 0 Å². The average molecular weight is 223 g/mol. The monoisotopic (exact) mass is 223 g/mol. The number of ether oxygens (including phenoxy) is 1. The molecule has 0 aliphatic carbocycles. The fourth-order valence-electron chi connectivity index (χ4n) is 1.86. The predicted molar refractivity (Wildman–Crippen MR) is 64.1 cm³/mol. The second-order valence-electron chi connectivity index (χ2n) is 3.92. The number of benzene rings is 1. The van der Waals surface area contributed by atoms with Gasteiger partial charge in [0.15, 0.2) is 0 Å². The molecular weight excluding hydrogens is 206 g/mol. The molecule has 82 valence electrons. The number of hydrogen-bond acceptors (Lipinski definition) is 3. The lowest BCUT2D eigenvalue weighted by Gasteiger charge is -2.22. The summed E-state index contributed by atoms with van der Waals surface area (Å²) in [5, 5.41) is 0. The minimum atomic E-state index is -0.255. The Kier molecular flexibility index (Phi) is 3.34. The predicted octanol–water partition coefficient (Wildman–Crippen LogP) is 2.37. The molecule has 0 spiro atoms. The van der Waals surface area contributed by atoms with Gasteiger partial charge in [-0.1, -0.05) is 19.1 Å². The van der Waals surface area contributed by atoms with Gasteiger partial charge < -0.3 is 10.5 Å². The van der Waals surface area contributed by atoms with E-state index in [4.69, 9.17) is 10.5 Å².